The highest BCUT2D eigenvalue weighted by atomic mass is 16.5. The molecule has 6 heteroatoms. The number of likely N-dealkylation sites (tertiary alicyclic amines) is 1. The molecule has 1 aliphatic heterocycles. The minimum atomic E-state index is 0.0771. The molecule has 6 nitrogen and oxygen atoms in total. The summed E-state index contributed by atoms with van der Waals surface area (Å²) in [5, 5.41) is 6.72. The van der Waals surface area contributed by atoms with Gasteiger partial charge in [-0.2, -0.15) is 0 Å². The van der Waals surface area contributed by atoms with Crippen molar-refractivity contribution >= 4 is 11.7 Å². The molecule has 0 bridgehead atoms. The lowest BCUT2D eigenvalue weighted by molar-refractivity contribution is -0.121. The molecule has 2 heterocycles. The largest absolute Gasteiger partial charge is 0.360 e. The normalized spacial score (nSPS) is 16.1. The van der Waals surface area contributed by atoms with Crippen molar-refractivity contribution in [1.82, 2.24) is 15.0 Å². The number of unbranched alkanes of at least 4 members (excludes halogenated alkanes) is 2. The van der Waals surface area contributed by atoms with E-state index in [0.29, 0.717) is 11.6 Å². The van der Waals surface area contributed by atoms with E-state index in [-0.39, 0.29) is 11.8 Å². The average molecular weight is 379 g/mol. The van der Waals surface area contributed by atoms with Crippen molar-refractivity contribution in [3.8, 4) is 0 Å². The molecule has 1 amide bonds. The second-order valence-electron chi connectivity index (χ2n) is 7.83. The topological polar surface area (TPSA) is 61.6 Å². The number of carbonyl (C=O) groups excluding carboxylic acids is 1. The van der Waals surface area contributed by atoms with Crippen LogP contribution in [0.1, 0.15) is 64.6 Å². The highest BCUT2D eigenvalue weighted by molar-refractivity contribution is 5.91. The summed E-state index contributed by atoms with van der Waals surface area (Å²) in [5.41, 5.74) is 0. The minimum absolute atomic E-state index is 0.0771. The molecule has 1 N–H and O–H groups in total. The zero-order valence-electron chi connectivity index (χ0n) is 17.5. The van der Waals surface area contributed by atoms with Gasteiger partial charge in [-0.3, -0.25) is 4.79 Å². The van der Waals surface area contributed by atoms with Crippen molar-refractivity contribution in [1.29, 1.82) is 0 Å². The fourth-order valence-electron chi connectivity index (χ4n) is 3.69. The summed E-state index contributed by atoms with van der Waals surface area (Å²) >= 11 is 0. The Morgan fingerprint density at radius 1 is 1.19 bits per heavy atom. The van der Waals surface area contributed by atoms with Crippen LogP contribution in [0.15, 0.2) is 10.6 Å². The molecule has 0 atom stereocenters. The van der Waals surface area contributed by atoms with Crippen molar-refractivity contribution in [3.05, 3.63) is 11.8 Å². The molecule has 2 rings (SSSR count). The molecule has 0 aliphatic carbocycles. The van der Waals surface area contributed by atoms with Gasteiger partial charge in [0.2, 0.25) is 5.91 Å². The molecule has 0 aromatic carbocycles. The van der Waals surface area contributed by atoms with Gasteiger partial charge in [0, 0.05) is 12.0 Å². The van der Waals surface area contributed by atoms with E-state index in [2.05, 4.69) is 34.1 Å². The van der Waals surface area contributed by atoms with Gasteiger partial charge >= 0.3 is 0 Å². The van der Waals surface area contributed by atoms with Gasteiger partial charge in [0.15, 0.2) is 5.82 Å². The summed E-state index contributed by atoms with van der Waals surface area (Å²) in [7, 11) is 0. The Balaban J connectivity index is 1.63. The molecule has 1 aliphatic rings. The number of hydrogen-bond donors (Lipinski definition) is 1. The third kappa shape index (κ3) is 8.01. The Hall–Kier alpha value is -1.40. The Morgan fingerprint density at radius 2 is 1.81 bits per heavy atom. The molecule has 0 radical (unpaired) electrons. The van der Waals surface area contributed by atoms with E-state index >= 15 is 0 Å². The minimum Gasteiger partial charge on any atom is -0.360 e. The zero-order chi connectivity index (χ0) is 19.5. The Kier molecular flexibility index (Phi) is 9.84. The number of piperidine rings is 1. The quantitative estimate of drug-likeness (QED) is 0.597. The van der Waals surface area contributed by atoms with Crippen LogP contribution >= 0.6 is 0 Å². The lowest BCUT2D eigenvalue weighted by Gasteiger charge is -2.32. The monoisotopic (exact) mass is 378 g/mol. The first-order valence-electron chi connectivity index (χ1n) is 10.8. The third-order valence-electron chi connectivity index (χ3n) is 5.44. The maximum atomic E-state index is 12.4. The van der Waals surface area contributed by atoms with Crippen LogP contribution in [0.2, 0.25) is 0 Å². The maximum absolute atomic E-state index is 12.4. The molecule has 1 aromatic heterocycles. The Morgan fingerprint density at radius 3 is 2.37 bits per heavy atom. The first-order valence-corrected chi connectivity index (χ1v) is 10.8. The van der Waals surface area contributed by atoms with E-state index < -0.39 is 0 Å². The van der Waals surface area contributed by atoms with Crippen LogP contribution in [0, 0.1) is 12.8 Å². The van der Waals surface area contributed by atoms with E-state index in [1.807, 2.05) is 6.92 Å². The van der Waals surface area contributed by atoms with Crippen LogP contribution in [-0.4, -0.2) is 60.1 Å². The van der Waals surface area contributed by atoms with E-state index in [4.69, 9.17) is 4.52 Å². The van der Waals surface area contributed by atoms with Crippen molar-refractivity contribution in [2.75, 3.05) is 44.6 Å². The molecule has 0 spiro atoms. The third-order valence-corrected chi connectivity index (χ3v) is 5.44. The number of amides is 1. The van der Waals surface area contributed by atoms with Crippen LogP contribution < -0.4 is 5.32 Å². The smallest absolute Gasteiger partial charge is 0.228 e. The fourth-order valence-corrected chi connectivity index (χ4v) is 3.69. The van der Waals surface area contributed by atoms with Crippen LogP contribution in [0.4, 0.5) is 5.82 Å². The Labute approximate surface area is 164 Å². The van der Waals surface area contributed by atoms with Crippen LogP contribution in [-0.2, 0) is 4.79 Å². The number of nitrogens with one attached hydrogen (secondary N) is 1. The van der Waals surface area contributed by atoms with Crippen molar-refractivity contribution < 1.29 is 9.32 Å². The van der Waals surface area contributed by atoms with Crippen molar-refractivity contribution in [2.24, 2.45) is 5.92 Å². The number of rotatable bonds is 12. The van der Waals surface area contributed by atoms with Crippen LogP contribution in [0.25, 0.3) is 0 Å². The second kappa shape index (κ2) is 12.1. The number of anilines is 1. The van der Waals surface area contributed by atoms with Crippen molar-refractivity contribution in [2.45, 2.75) is 65.7 Å². The summed E-state index contributed by atoms with van der Waals surface area (Å²) in [6, 6.07) is 1.76. The van der Waals surface area contributed by atoms with Gasteiger partial charge in [0.05, 0.1) is 0 Å². The first-order chi connectivity index (χ1) is 13.1. The number of aryl methyl sites for hydroxylation is 1. The molecule has 27 heavy (non-hydrogen) atoms. The summed E-state index contributed by atoms with van der Waals surface area (Å²) in [4.78, 5) is 17.5. The molecule has 1 saturated heterocycles. The molecule has 0 saturated carbocycles. The molecular formula is C21H38N4O2. The van der Waals surface area contributed by atoms with Gasteiger partial charge in [-0.1, -0.05) is 31.8 Å². The maximum Gasteiger partial charge on any atom is 0.228 e. The predicted molar refractivity (Wildman–Crippen MR) is 110 cm³/mol. The predicted octanol–water partition coefficient (Wildman–Crippen LogP) is 3.93. The van der Waals surface area contributed by atoms with Gasteiger partial charge in [-0.15, -0.1) is 0 Å². The lowest BCUT2D eigenvalue weighted by Crippen LogP contribution is -2.39. The van der Waals surface area contributed by atoms with E-state index in [1.165, 1.54) is 51.7 Å². The highest BCUT2D eigenvalue weighted by Crippen LogP contribution is 2.19. The highest BCUT2D eigenvalue weighted by Gasteiger charge is 2.25. The van der Waals surface area contributed by atoms with Gasteiger partial charge in [0.1, 0.15) is 5.76 Å². The summed E-state index contributed by atoms with van der Waals surface area (Å²) in [6.07, 6.45) is 8.22. The zero-order valence-corrected chi connectivity index (χ0v) is 17.5. The lowest BCUT2D eigenvalue weighted by atomic mass is 9.96. The molecular weight excluding hydrogens is 340 g/mol. The van der Waals surface area contributed by atoms with Crippen LogP contribution in [0.3, 0.4) is 0 Å². The molecule has 1 aromatic rings. The van der Waals surface area contributed by atoms with E-state index in [1.54, 1.807) is 6.07 Å². The van der Waals surface area contributed by atoms with Gasteiger partial charge in [0.25, 0.3) is 0 Å². The van der Waals surface area contributed by atoms with E-state index in [9.17, 15) is 4.79 Å². The first kappa shape index (κ1) is 21.9. The van der Waals surface area contributed by atoms with E-state index in [0.717, 1.165) is 32.5 Å². The summed E-state index contributed by atoms with van der Waals surface area (Å²) in [5.74, 6) is 1.41. The molecule has 0 unspecified atom stereocenters. The molecule has 1 fully saturated rings. The average Bonchev–Trinajstić information content (AvgIpc) is 3.08. The van der Waals surface area contributed by atoms with Crippen LogP contribution in [0.5, 0.6) is 0 Å². The number of hydrogen-bond acceptors (Lipinski definition) is 5. The Bertz CT molecular complexity index is 530. The summed E-state index contributed by atoms with van der Waals surface area (Å²) < 4.78 is 5.01. The fraction of sp³-hybridized carbons (Fsp3) is 0.810. The number of nitrogens with zero attached hydrogens (tertiary/aromatic N) is 3. The number of aromatic nitrogens is 1. The SMILES string of the molecule is CCCCN(CCCC)CCCN1CCC(C(=O)Nc2cc(C)on2)CC1. The van der Waals surface area contributed by atoms with Gasteiger partial charge < -0.3 is 19.6 Å². The second-order valence-corrected chi connectivity index (χ2v) is 7.83. The van der Waals surface area contributed by atoms with Gasteiger partial charge in [-0.25, -0.2) is 0 Å². The number of carbonyl (C=O) groups is 1. The standard InChI is InChI=1S/C21H38N4O2/c1-4-6-11-24(12-7-5-2)13-8-14-25-15-9-19(10-16-25)21(26)22-20-17-18(3)27-23-20/h17,19H,4-16H2,1-3H3,(H,22,23,26). The molecule has 154 valence electrons. The summed E-state index contributed by atoms with van der Waals surface area (Å²) in [6.45, 7) is 13.2. The van der Waals surface area contributed by atoms with Gasteiger partial charge in [-0.05, 0) is 78.3 Å². The van der Waals surface area contributed by atoms with Crippen molar-refractivity contribution in [3.63, 3.8) is 0 Å².